The second-order valence-corrected chi connectivity index (χ2v) is 4.30. The van der Waals surface area contributed by atoms with Gasteiger partial charge in [0.05, 0.1) is 0 Å². The highest BCUT2D eigenvalue weighted by Crippen LogP contribution is 2.37. The molecule has 0 bridgehead atoms. The number of ketones is 1. The second-order valence-electron chi connectivity index (χ2n) is 4.30. The Kier molecular flexibility index (Phi) is 2.81. The van der Waals surface area contributed by atoms with Crippen molar-refractivity contribution in [2.24, 2.45) is 0 Å². The van der Waals surface area contributed by atoms with Crippen molar-refractivity contribution in [1.82, 2.24) is 0 Å². The molecule has 0 aliphatic carbocycles. The molecule has 0 saturated carbocycles. The van der Waals surface area contributed by atoms with E-state index in [4.69, 9.17) is 18.9 Å². The molecule has 0 radical (unpaired) electrons. The molecule has 0 aromatic carbocycles. The van der Waals surface area contributed by atoms with Crippen molar-refractivity contribution >= 4 is 5.78 Å². The van der Waals surface area contributed by atoms with Crippen LogP contribution >= 0.6 is 0 Å². The number of fused-ring (bicyclic) bond motifs is 1. The number of rotatable bonds is 3. The Hall–Kier alpha value is -0.490. The highest BCUT2D eigenvalue weighted by molar-refractivity contribution is 5.84. The first-order valence-electron chi connectivity index (χ1n) is 5.04. The SMILES string of the molecule is COCC(=O)[C@@H]1C[C@H]2OC(C)(C)O[C@H]2O1. The first kappa shape index (κ1) is 11.0. The Bertz CT molecular complexity index is 247. The largest absolute Gasteiger partial charge is 0.377 e. The normalized spacial score (nSPS) is 37.9. The van der Waals surface area contributed by atoms with E-state index in [1.807, 2.05) is 13.8 Å². The summed E-state index contributed by atoms with van der Waals surface area (Å²) in [6.45, 7) is 3.74. The fourth-order valence-electron chi connectivity index (χ4n) is 1.95. The van der Waals surface area contributed by atoms with Crippen LogP contribution in [0.2, 0.25) is 0 Å². The quantitative estimate of drug-likeness (QED) is 0.686. The van der Waals surface area contributed by atoms with E-state index in [1.165, 1.54) is 7.11 Å². The van der Waals surface area contributed by atoms with Gasteiger partial charge in [-0.05, 0) is 13.8 Å². The average molecular weight is 216 g/mol. The summed E-state index contributed by atoms with van der Waals surface area (Å²) in [5.74, 6) is -0.665. The van der Waals surface area contributed by atoms with E-state index in [-0.39, 0.29) is 18.5 Å². The number of hydrogen-bond donors (Lipinski definition) is 0. The van der Waals surface area contributed by atoms with Gasteiger partial charge >= 0.3 is 0 Å². The maximum absolute atomic E-state index is 11.5. The van der Waals surface area contributed by atoms with Crippen LogP contribution in [0.5, 0.6) is 0 Å². The van der Waals surface area contributed by atoms with Gasteiger partial charge in [-0.3, -0.25) is 4.79 Å². The number of Topliss-reactive ketones (excluding diaryl/α,β-unsaturated/α-hetero) is 1. The molecule has 5 nitrogen and oxygen atoms in total. The van der Waals surface area contributed by atoms with Crippen molar-refractivity contribution < 1.29 is 23.7 Å². The first-order chi connectivity index (χ1) is 7.02. The molecule has 0 aromatic rings. The molecule has 15 heavy (non-hydrogen) atoms. The molecule has 0 aromatic heterocycles. The molecule has 2 rings (SSSR count). The van der Waals surface area contributed by atoms with E-state index in [0.29, 0.717) is 6.42 Å². The van der Waals surface area contributed by atoms with Gasteiger partial charge in [-0.2, -0.15) is 0 Å². The molecule has 0 N–H and O–H groups in total. The smallest absolute Gasteiger partial charge is 0.188 e. The van der Waals surface area contributed by atoms with Crippen LogP contribution in [-0.4, -0.2) is 43.8 Å². The van der Waals surface area contributed by atoms with E-state index < -0.39 is 18.2 Å². The predicted molar refractivity (Wildman–Crippen MR) is 50.2 cm³/mol. The molecule has 2 saturated heterocycles. The van der Waals surface area contributed by atoms with Crippen LogP contribution in [0.4, 0.5) is 0 Å². The zero-order chi connectivity index (χ0) is 11.1. The highest BCUT2D eigenvalue weighted by Gasteiger charge is 2.50. The van der Waals surface area contributed by atoms with Gasteiger partial charge in [-0.25, -0.2) is 0 Å². The number of carbonyl (C=O) groups excluding carboxylic acids is 1. The van der Waals surface area contributed by atoms with Gasteiger partial charge in [0.2, 0.25) is 0 Å². The third-order valence-corrected chi connectivity index (χ3v) is 2.53. The van der Waals surface area contributed by atoms with Gasteiger partial charge < -0.3 is 18.9 Å². The zero-order valence-electron chi connectivity index (χ0n) is 9.19. The summed E-state index contributed by atoms with van der Waals surface area (Å²) < 4.78 is 21.3. The monoisotopic (exact) mass is 216 g/mol. The fourth-order valence-corrected chi connectivity index (χ4v) is 1.95. The molecule has 2 fully saturated rings. The van der Waals surface area contributed by atoms with Crippen LogP contribution in [0.1, 0.15) is 20.3 Å². The topological polar surface area (TPSA) is 54.0 Å². The van der Waals surface area contributed by atoms with Crippen molar-refractivity contribution in [3.05, 3.63) is 0 Å². The van der Waals surface area contributed by atoms with Crippen LogP contribution in [-0.2, 0) is 23.7 Å². The number of methoxy groups -OCH3 is 1. The number of hydrogen-bond acceptors (Lipinski definition) is 5. The molecule has 0 amide bonds. The van der Waals surface area contributed by atoms with Gasteiger partial charge in [0.25, 0.3) is 0 Å². The van der Waals surface area contributed by atoms with Crippen LogP contribution in [0.15, 0.2) is 0 Å². The Morgan fingerprint density at radius 2 is 2.20 bits per heavy atom. The molecular formula is C10H16O5. The summed E-state index contributed by atoms with van der Waals surface area (Å²) in [6.07, 6.45) is -0.441. The van der Waals surface area contributed by atoms with E-state index >= 15 is 0 Å². The third kappa shape index (κ3) is 2.20. The standard InChI is InChI=1S/C10H16O5/c1-10(2)14-8-4-7(6(11)5-12-3)13-9(8)15-10/h7-9H,4-5H2,1-3H3/t7-,8+,9+/m0/s1. The Labute approximate surface area is 88.6 Å². The van der Waals surface area contributed by atoms with Gasteiger partial charge in [0.15, 0.2) is 17.9 Å². The van der Waals surface area contributed by atoms with Crippen LogP contribution in [0.3, 0.4) is 0 Å². The number of ether oxygens (including phenoxy) is 4. The number of carbonyl (C=O) groups is 1. The van der Waals surface area contributed by atoms with Crippen molar-refractivity contribution in [2.45, 2.75) is 44.6 Å². The molecule has 2 aliphatic heterocycles. The minimum Gasteiger partial charge on any atom is -0.377 e. The van der Waals surface area contributed by atoms with Gasteiger partial charge in [0, 0.05) is 13.5 Å². The summed E-state index contributed by atoms with van der Waals surface area (Å²) in [5.41, 5.74) is 0. The van der Waals surface area contributed by atoms with Crippen LogP contribution < -0.4 is 0 Å². The highest BCUT2D eigenvalue weighted by atomic mass is 16.8. The van der Waals surface area contributed by atoms with Crippen LogP contribution in [0, 0.1) is 0 Å². The predicted octanol–water partition coefficient (Wildman–Crippen LogP) is 0.468. The molecule has 2 aliphatic rings. The molecule has 5 heteroatoms. The summed E-state index contributed by atoms with van der Waals surface area (Å²) >= 11 is 0. The van der Waals surface area contributed by atoms with E-state index in [0.717, 1.165) is 0 Å². The lowest BCUT2D eigenvalue weighted by Crippen LogP contribution is -2.29. The Morgan fingerprint density at radius 1 is 1.47 bits per heavy atom. The Balaban J connectivity index is 1.91. The maximum Gasteiger partial charge on any atom is 0.188 e. The minimum absolute atomic E-state index is 0.0584. The summed E-state index contributed by atoms with van der Waals surface area (Å²) in [4.78, 5) is 11.5. The molecule has 3 atom stereocenters. The summed E-state index contributed by atoms with van der Waals surface area (Å²) in [6, 6.07) is 0. The van der Waals surface area contributed by atoms with Gasteiger partial charge in [-0.15, -0.1) is 0 Å². The Morgan fingerprint density at radius 3 is 2.80 bits per heavy atom. The van der Waals surface area contributed by atoms with Gasteiger partial charge in [-0.1, -0.05) is 0 Å². The zero-order valence-corrected chi connectivity index (χ0v) is 9.19. The molecule has 0 spiro atoms. The van der Waals surface area contributed by atoms with E-state index in [1.54, 1.807) is 0 Å². The molecule has 2 heterocycles. The summed E-state index contributed by atoms with van der Waals surface area (Å²) in [7, 11) is 1.49. The molecular weight excluding hydrogens is 200 g/mol. The molecule has 86 valence electrons. The van der Waals surface area contributed by atoms with E-state index in [2.05, 4.69) is 0 Å². The fraction of sp³-hybridized carbons (Fsp3) is 0.900. The minimum atomic E-state index is -0.607. The van der Waals surface area contributed by atoms with Crippen molar-refractivity contribution in [1.29, 1.82) is 0 Å². The third-order valence-electron chi connectivity index (χ3n) is 2.53. The lowest BCUT2D eigenvalue weighted by Gasteiger charge is -2.19. The van der Waals surface area contributed by atoms with Crippen molar-refractivity contribution in [3.8, 4) is 0 Å². The molecule has 0 unspecified atom stereocenters. The van der Waals surface area contributed by atoms with Crippen LogP contribution in [0.25, 0.3) is 0 Å². The second kappa shape index (κ2) is 3.83. The lowest BCUT2D eigenvalue weighted by molar-refractivity contribution is -0.205. The average Bonchev–Trinajstić information content (AvgIpc) is 2.57. The van der Waals surface area contributed by atoms with E-state index in [9.17, 15) is 4.79 Å². The maximum atomic E-state index is 11.5. The summed E-state index contributed by atoms with van der Waals surface area (Å²) in [5, 5.41) is 0. The van der Waals surface area contributed by atoms with Crippen molar-refractivity contribution in [2.75, 3.05) is 13.7 Å². The first-order valence-corrected chi connectivity index (χ1v) is 5.04. The van der Waals surface area contributed by atoms with Crippen molar-refractivity contribution in [3.63, 3.8) is 0 Å². The van der Waals surface area contributed by atoms with Gasteiger partial charge in [0.1, 0.15) is 18.8 Å². The lowest BCUT2D eigenvalue weighted by atomic mass is 10.1.